The van der Waals surface area contributed by atoms with Gasteiger partial charge in [-0.15, -0.1) is 0 Å². The number of carboxylic acid groups (broad SMARTS) is 1. The number of halogens is 1. The summed E-state index contributed by atoms with van der Waals surface area (Å²) in [5, 5.41) is 9.81. The van der Waals surface area contributed by atoms with Crippen LogP contribution in [-0.2, 0) is 10.2 Å². The Labute approximate surface area is 145 Å². The van der Waals surface area contributed by atoms with Crippen molar-refractivity contribution in [1.82, 2.24) is 0 Å². The van der Waals surface area contributed by atoms with E-state index in [4.69, 9.17) is 16.3 Å². The van der Waals surface area contributed by atoms with Gasteiger partial charge in [-0.25, -0.2) is 4.79 Å². The topological polar surface area (TPSA) is 46.5 Å². The van der Waals surface area contributed by atoms with Crippen LogP contribution in [0.25, 0.3) is 0 Å². The summed E-state index contributed by atoms with van der Waals surface area (Å²) in [5.41, 5.74) is 1.17. The lowest BCUT2D eigenvalue weighted by molar-refractivity contribution is -0.145. The number of benzene rings is 1. The van der Waals surface area contributed by atoms with E-state index in [1.807, 2.05) is 12.1 Å². The smallest absolute Gasteiger partial charge is 0.344 e. The van der Waals surface area contributed by atoms with Crippen molar-refractivity contribution >= 4 is 17.6 Å². The van der Waals surface area contributed by atoms with Gasteiger partial charge in [0.1, 0.15) is 5.75 Å². The van der Waals surface area contributed by atoms with Crippen LogP contribution in [0.4, 0.5) is 0 Å². The fourth-order valence-corrected chi connectivity index (χ4v) is 2.59. The highest BCUT2D eigenvalue weighted by Crippen LogP contribution is 2.34. The van der Waals surface area contributed by atoms with Crippen molar-refractivity contribution in [3.8, 4) is 5.75 Å². The Morgan fingerprint density at radius 1 is 1.26 bits per heavy atom. The van der Waals surface area contributed by atoms with Crippen LogP contribution in [0.15, 0.2) is 18.2 Å². The molecule has 23 heavy (non-hydrogen) atoms. The molecule has 1 rings (SSSR count). The first-order valence-electron chi connectivity index (χ1n) is 8.51. The lowest BCUT2D eigenvalue weighted by atomic mass is 9.82. The molecule has 0 fully saturated rings. The van der Waals surface area contributed by atoms with Crippen molar-refractivity contribution in [3.63, 3.8) is 0 Å². The average molecular weight is 341 g/mol. The minimum atomic E-state index is -0.935. The molecule has 0 spiro atoms. The molecule has 0 bridgehead atoms. The molecular formula is C19H29ClO3. The Kier molecular flexibility index (Phi) is 7.90. The van der Waals surface area contributed by atoms with E-state index in [0.717, 1.165) is 37.7 Å². The molecule has 4 heteroatoms. The predicted octanol–water partition coefficient (Wildman–Crippen LogP) is 5.83. The van der Waals surface area contributed by atoms with E-state index in [1.165, 1.54) is 0 Å². The van der Waals surface area contributed by atoms with Gasteiger partial charge in [0.2, 0.25) is 0 Å². The van der Waals surface area contributed by atoms with Gasteiger partial charge in [0.25, 0.3) is 0 Å². The molecule has 0 saturated heterocycles. The van der Waals surface area contributed by atoms with E-state index in [1.54, 1.807) is 6.07 Å². The molecule has 0 saturated carbocycles. The van der Waals surface area contributed by atoms with Gasteiger partial charge in [-0.05, 0) is 42.4 Å². The second-order valence-electron chi connectivity index (χ2n) is 6.68. The SMILES string of the molecule is CCCCCCC(Oc1ccc(C(C)(C)CC)cc1Cl)C(=O)O. The fourth-order valence-electron chi connectivity index (χ4n) is 2.36. The first-order chi connectivity index (χ1) is 10.8. The van der Waals surface area contributed by atoms with Gasteiger partial charge in [0, 0.05) is 0 Å². The maximum absolute atomic E-state index is 11.4. The van der Waals surface area contributed by atoms with Crippen molar-refractivity contribution in [1.29, 1.82) is 0 Å². The number of aliphatic carboxylic acids is 1. The third kappa shape index (κ3) is 6.06. The third-order valence-corrected chi connectivity index (χ3v) is 4.76. The summed E-state index contributed by atoms with van der Waals surface area (Å²) < 4.78 is 5.66. The van der Waals surface area contributed by atoms with Gasteiger partial charge in [0.05, 0.1) is 5.02 Å². The van der Waals surface area contributed by atoms with Crippen LogP contribution in [0.1, 0.15) is 71.8 Å². The van der Waals surface area contributed by atoms with Crippen molar-refractivity contribution in [2.45, 2.75) is 77.7 Å². The Morgan fingerprint density at radius 3 is 2.48 bits per heavy atom. The van der Waals surface area contributed by atoms with E-state index in [2.05, 4.69) is 27.7 Å². The summed E-state index contributed by atoms with van der Waals surface area (Å²) in [6, 6.07) is 5.65. The van der Waals surface area contributed by atoms with Gasteiger partial charge >= 0.3 is 5.97 Å². The molecule has 0 radical (unpaired) electrons. The van der Waals surface area contributed by atoms with Crippen LogP contribution in [-0.4, -0.2) is 17.2 Å². The first-order valence-corrected chi connectivity index (χ1v) is 8.89. The number of carbonyl (C=O) groups is 1. The van der Waals surface area contributed by atoms with E-state index in [9.17, 15) is 9.90 Å². The van der Waals surface area contributed by atoms with Gasteiger partial charge < -0.3 is 9.84 Å². The Hall–Kier alpha value is -1.22. The van der Waals surface area contributed by atoms with Crippen LogP contribution in [0, 0.1) is 0 Å². The zero-order valence-corrected chi connectivity index (χ0v) is 15.4. The molecule has 0 amide bonds. The molecule has 0 aliphatic carbocycles. The number of ether oxygens (including phenoxy) is 1. The number of hydrogen-bond acceptors (Lipinski definition) is 2. The number of hydrogen-bond donors (Lipinski definition) is 1. The standard InChI is InChI=1S/C19H29ClO3/c1-5-7-8-9-10-17(18(21)22)23-16-12-11-14(13-15(16)20)19(3,4)6-2/h11-13,17H,5-10H2,1-4H3,(H,21,22). The monoisotopic (exact) mass is 340 g/mol. The predicted molar refractivity (Wildman–Crippen MR) is 95.6 cm³/mol. The maximum atomic E-state index is 11.4. The lowest BCUT2D eigenvalue weighted by Gasteiger charge is -2.24. The highest BCUT2D eigenvalue weighted by Gasteiger charge is 2.22. The molecule has 1 aromatic rings. The number of rotatable bonds is 10. The minimum absolute atomic E-state index is 0.0362. The molecular weight excluding hydrogens is 312 g/mol. The molecule has 0 aliphatic rings. The van der Waals surface area contributed by atoms with Gasteiger partial charge in [-0.1, -0.05) is 64.6 Å². The fraction of sp³-hybridized carbons (Fsp3) is 0.632. The van der Waals surface area contributed by atoms with Crippen molar-refractivity contribution in [2.24, 2.45) is 0 Å². The van der Waals surface area contributed by atoms with Gasteiger partial charge in [-0.3, -0.25) is 0 Å². The van der Waals surface area contributed by atoms with Crippen LogP contribution in [0.3, 0.4) is 0 Å². The van der Waals surface area contributed by atoms with Crippen molar-refractivity contribution < 1.29 is 14.6 Å². The Bertz CT molecular complexity index is 511. The Morgan fingerprint density at radius 2 is 1.96 bits per heavy atom. The highest BCUT2D eigenvalue weighted by atomic mass is 35.5. The molecule has 0 heterocycles. The van der Waals surface area contributed by atoms with Crippen molar-refractivity contribution in [3.05, 3.63) is 28.8 Å². The quantitative estimate of drug-likeness (QED) is 0.545. The van der Waals surface area contributed by atoms with E-state index in [-0.39, 0.29) is 5.41 Å². The second kappa shape index (κ2) is 9.17. The largest absolute Gasteiger partial charge is 0.479 e. The number of unbranched alkanes of at least 4 members (excludes halogenated alkanes) is 3. The summed E-state index contributed by atoms with van der Waals surface area (Å²) in [4.78, 5) is 11.4. The van der Waals surface area contributed by atoms with Crippen LogP contribution >= 0.6 is 11.6 Å². The molecule has 0 aromatic heterocycles. The zero-order chi connectivity index (χ0) is 17.5. The van der Waals surface area contributed by atoms with Crippen LogP contribution in [0.5, 0.6) is 5.75 Å². The summed E-state index contributed by atoms with van der Waals surface area (Å²) in [6.07, 6.45) is 4.79. The molecule has 1 N–H and O–H groups in total. The molecule has 1 unspecified atom stereocenters. The minimum Gasteiger partial charge on any atom is -0.479 e. The van der Waals surface area contributed by atoms with E-state index < -0.39 is 12.1 Å². The van der Waals surface area contributed by atoms with Crippen molar-refractivity contribution in [2.75, 3.05) is 0 Å². The summed E-state index contributed by atoms with van der Waals surface area (Å²) >= 11 is 6.31. The summed E-state index contributed by atoms with van der Waals surface area (Å²) in [6.45, 7) is 8.58. The maximum Gasteiger partial charge on any atom is 0.344 e. The lowest BCUT2D eigenvalue weighted by Crippen LogP contribution is -2.27. The highest BCUT2D eigenvalue weighted by molar-refractivity contribution is 6.32. The average Bonchev–Trinajstić information content (AvgIpc) is 2.51. The Balaban J connectivity index is 2.79. The van der Waals surface area contributed by atoms with E-state index in [0.29, 0.717) is 17.2 Å². The van der Waals surface area contributed by atoms with Gasteiger partial charge in [-0.2, -0.15) is 0 Å². The summed E-state index contributed by atoms with van der Waals surface area (Å²) in [5.74, 6) is -0.485. The summed E-state index contributed by atoms with van der Waals surface area (Å²) in [7, 11) is 0. The molecule has 130 valence electrons. The molecule has 1 aromatic carbocycles. The van der Waals surface area contributed by atoms with Crippen LogP contribution < -0.4 is 4.74 Å². The second-order valence-corrected chi connectivity index (χ2v) is 7.08. The number of carboxylic acids is 1. The zero-order valence-electron chi connectivity index (χ0n) is 14.7. The normalized spacial score (nSPS) is 12.9. The third-order valence-electron chi connectivity index (χ3n) is 4.46. The molecule has 3 nitrogen and oxygen atoms in total. The first kappa shape index (κ1) is 19.8. The van der Waals surface area contributed by atoms with E-state index >= 15 is 0 Å². The molecule has 1 atom stereocenters. The van der Waals surface area contributed by atoms with Crippen LogP contribution in [0.2, 0.25) is 5.02 Å². The molecule has 0 aliphatic heterocycles. The van der Waals surface area contributed by atoms with Gasteiger partial charge in [0.15, 0.2) is 6.10 Å².